The van der Waals surface area contributed by atoms with Crippen LogP contribution in [0.4, 0.5) is 14.5 Å². The Hall–Kier alpha value is -1.82. The number of carbonyl (C=O) groups excluding carboxylic acids is 1. The second-order valence-electron chi connectivity index (χ2n) is 3.37. The van der Waals surface area contributed by atoms with Gasteiger partial charge in [0.1, 0.15) is 11.6 Å². The Bertz CT molecular complexity index is 568. The fraction of sp³-hybridized carbons (Fsp3) is 0.0909. The Morgan fingerprint density at radius 1 is 1.41 bits per heavy atom. The van der Waals surface area contributed by atoms with Gasteiger partial charge in [0.2, 0.25) is 0 Å². The normalized spacial score (nSPS) is 10.3. The zero-order valence-corrected chi connectivity index (χ0v) is 9.65. The quantitative estimate of drug-likeness (QED) is 0.895. The van der Waals surface area contributed by atoms with Gasteiger partial charge >= 0.3 is 0 Å². The molecule has 0 saturated heterocycles. The van der Waals surface area contributed by atoms with Crippen molar-refractivity contribution in [2.24, 2.45) is 0 Å². The molecule has 0 aliphatic heterocycles. The molecule has 2 rings (SSSR count). The molecule has 17 heavy (non-hydrogen) atoms. The lowest BCUT2D eigenvalue weighted by molar-refractivity contribution is 0.102. The minimum Gasteiger partial charge on any atom is -0.317 e. The molecule has 0 atom stereocenters. The van der Waals surface area contributed by atoms with Crippen LogP contribution in [0.2, 0.25) is 0 Å². The molecule has 2 aromatic rings. The molecule has 1 aromatic carbocycles. The standard InChI is InChI=1S/C11H8F2N2OS/c1-6-5-17-11(14-6)10(16)15-9-3-2-7(12)4-8(9)13/h2-5H,1H3,(H,15,16). The number of carbonyl (C=O) groups is 1. The van der Waals surface area contributed by atoms with Crippen molar-refractivity contribution in [1.29, 1.82) is 0 Å². The zero-order valence-electron chi connectivity index (χ0n) is 8.83. The SMILES string of the molecule is Cc1csc(C(=O)Nc2ccc(F)cc2F)n1. The molecule has 1 amide bonds. The summed E-state index contributed by atoms with van der Waals surface area (Å²) in [7, 11) is 0. The second kappa shape index (κ2) is 4.58. The van der Waals surface area contributed by atoms with Crippen LogP contribution in [0, 0.1) is 18.6 Å². The van der Waals surface area contributed by atoms with Crippen molar-refractivity contribution in [1.82, 2.24) is 4.98 Å². The number of halogens is 2. The number of benzene rings is 1. The number of nitrogens with one attached hydrogen (secondary N) is 1. The van der Waals surface area contributed by atoms with E-state index in [0.717, 1.165) is 11.8 Å². The van der Waals surface area contributed by atoms with Crippen LogP contribution >= 0.6 is 11.3 Å². The number of aromatic nitrogens is 1. The third-order valence-corrected chi connectivity index (χ3v) is 2.95. The largest absolute Gasteiger partial charge is 0.317 e. The number of hydrogen-bond acceptors (Lipinski definition) is 3. The molecular formula is C11H8F2N2OS. The van der Waals surface area contributed by atoms with E-state index in [0.29, 0.717) is 6.07 Å². The van der Waals surface area contributed by atoms with E-state index in [-0.39, 0.29) is 10.7 Å². The molecule has 0 unspecified atom stereocenters. The van der Waals surface area contributed by atoms with E-state index < -0.39 is 17.5 Å². The highest BCUT2D eigenvalue weighted by atomic mass is 32.1. The number of anilines is 1. The maximum atomic E-state index is 13.3. The third kappa shape index (κ3) is 2.65. The van der Waals surface area contributed by atoms with Crippen LogP contribution in [0.3, 0.4) is 0 Å². The van der Waals surface area contributed by atoms with Crippen LogP contribution in [-0.4, -0.2) is 10.9 Å². The summed E-state index contributed by atoms with van der Waals surface area (Å²) in [6.45, 7) is 1.76. The van der Waals surface area contributed by atoms with Gasteiger partial charge in [0, 0.05) is 17.1 Å². The van der Waals surface area contributed by atoms with Gasteiger partial charge in [-0.15, -0.1) is 11.3 Å². The van der Waals surface area contributed by atoms with Crippen LogP contribution in [0.15, 0.2) is 23.6 Å². The van der Waals surface area contributed by atoms with Crippen LogP contribution in [0.25, 0.3) is 0 Å². The van der Waals surface area contributed by atoms with Crippen LogP contribution < -0.4 is 5.32 Å². The molecule has 0 aliphatic rings. The molecule has 0 aliphatic carbocycles. The molecule has 1 heterocycles. The lowest BCUT2D eigenvalue weighted by atomic mass is 10.3. The number of rotatable bonds is 2. The molecule has 0 fully saturated rings. The Labute approximate surface area is 100 Å². The molecular weight excluding hydrogens is 246 g/mol. The van der Waals surface area contributed by atoms with Gasteiger partial charge in [0.25, 0.3) is 5.91 Å². The van der Waals surface area contributed by atoms with Gasteiger partial charge in [0.05, 0.1) is 5.69 Å². The van der Waals surface area contributed by atoms with Gasteiger partial charge in [-0.2, -0.15) is 0 Å². The number of hydrogen-bond donors (Lipinski definition) is 1. The molecule has 0 radical (unpaired) electrons. The first kappa shape index (κ1) is 11.7. The van der Waals surface area contributed by atoms with Crippen molar-refractivity contribution < 1.29 is 13.6 Å². The molecule has 88 valence electrons. The summed E-state index contributed by atoms with van der Waals surface area (Å²) < 4.78 is 25.9. The summed E-state index contributed by atoms with van der Waals surface area (Å²) in [6.07, 6.45) is 0. The lowest BCUT2D eigenvalue weighted by Crippen LogP contribution is -2.12. The number of nitrogens with zero attached hydrogens (tertiary/aromatic N) is 1. The summed E-state index contributed by atoms with van der Waals surface area (Å²) in [6, 6.07) is 2.96. The summed E-state index contributed by atoms with van der Waals surface area (Å²) in [5, 5.41) is 4.29. The average Bonchev–Trinajstić information content (AvgIpc) is 2.69. The third-order valence-electron chi connectivity index (χ3n) is 1.99. The predicted molar refractivity (Wildman–Crippen MR) is 61.2 cm³/mol. The number of thiazole rings is 1. The maximum Gasteiger partial charge on any atom is 0.284 e. The molecule has 6 heteroatoms. The molecule has 1 N–H and O–H groups in total. The first-order chi connectivity index (χ1) is 8.06. The number of amides is 1. The molecule has 1 aromatic heterocycles. The highest BCUT2D eigenvalue weighted by Gasteiger charge is 2.12. The molecule has 0 saturated carbocycles. The van der Waals surface area contributed by atoms with Gasteiger partial charge in [-0.05, 0) is 19.1 Å². The van der Waals surface area contributed by atoms with Crippen LogP contribution in [0.5, 0.6) is 0 Å². The van der Waals surface area contributed by atoms with Crippen LogP contribution in [-0.2, 0) is 0 Å². The van der Waals surface area contributed by atoms with E-state index >= 15 is 0 Å². The van der Waals surface area contributed by atoms with E-state index in [4.69, 9.17) is 0 Å². The average molecular weight is 254 g/mol. The van der Waals surface area contributed by atoms with E-state index in [1.807, 2.05) is 0 Å². The summed E-state index contributed by atoms with van der Waals surface area (Å²) >= 11 is 1.17. The molecule has 0 bridgehead atoms. The Morgan fingerprint density at radius 3 is 2.76 bits per heavy atom. The molecule has 0 spiro atoms. The van der Waals surface area contributed by atoms with E-state index in [9.17, 15) is 13.6 Å². The van der Waals surface area contributed by atoms with Crippen molar-refractivity contribution in [3.05, 3.63) is 45.9 Å². The van der Waals surface area contributed by atoms with E-state index in [1.54, 1.807) is 12.3 Å². The highest BCUT2D eigenvalue weighted by Crippen LogP contribution is 2.17. The van der Waals surface area contributed by atoms with E-state index in [2.05, 4.69) is 10.3 Å². The minimum absolute atomic E-state index is 0.0655. The van der Waals surface area contributed by atoms with Gasteiger partial charge in [0.15, 0.2) is 5.01 Å². The first-order valence-corrected chi connectivity index (χ1v) is 5.63. The topological polar surface area (TPSA) is 42.0 Å². The minimum atomic E-state index is -0.813. The lowest BCUT2D eigenvalue weighted by Gasteiger charge is -2.04. The summed E-state index contributed by atoms with van der Waals surface area (Å²) in [5.41, 5.74) is 0.656. The van der Waals surface area contributed by atoms with Crippen molar-refractivity contribution in [2.45, 2.75) is 6.92 Å². The van der Waals surface area contributed by atoms with Crippen molar-refractivity contribution in [2.75, 3.05) is 5.32 Å². The monoisotopic (exact) mass is 254 g/mol. The van der Waals surface area contributed by atoms with Gasteiger partial charge in [-0.3, -0.25) is 4.79 Å². The fourth-order valence-electron chi connectivity index (χ4n) is 1.22. The van der Waals surface area contributed by atoms with E-state index in [1.165, 1.54) is 17.4 Å². The van der Waals surface area contributed by atoms with Crippen molar-refractivity contribution in [3.63, 3.8) is 0 Å². The van der Waals surface area contributed by atoms with Gasteiger partial charge in [-0.1, -0.05) is 0 Å². The summed E-state index contributed by atoms with van der Waals surface area (Å²) in [4.78, 5) is 15.6. The second-order valence-corrected chi connectivity index (χ2v) is 4.23. The van der Waals surface area contributed by atoms with Crippen LogP contribution in [0.1, 0.15) is 15.5 Å². The maximum absolute atomic E-state index is 13.3. The molecule has 3 nitrogen and oxygen atoms in total. The fourth-order valence-corrected chi connectivity index (χ4v) is 1.91. The Balaban J connectivity index is 2.18. The highest BCUT2D eigenvalue weighted by molar-refractivity contribution is 7.11. The number of aryl methyl sites for hydroxylation is 1. The predicted octanol–water partition coefficient (Wildman–Crippen LogP) is 2.98. The smallest absolute Gasteiger partial charge is 0.284 e. The van der Waals surface area contributed by atoms with Gasteiger partial charge in [-0.25, -0.2) is 13.8 Å². The summed E-state index contributed by atoms with van der Waals surface area (Å²) in [5.74, 6) is -2.01. The Kier molecular flexibility index (Phi) is 3.14. The first-order valence-electron chi connectivity index (χ1n) is 4.75. The van der Waals surface area contributed by atoms with Gasteiger partial charge < -0.3 is 5.32 Å². The van der Waals surface area contributed by atoms with Crippen molar-refractivity contribution >= 4 is 22.9 Å². The van der Waals surface area contributed by atoms with Crippen molar-refractivity contribution in [3.8, 4) is 0 Å². The Morgan fingerprint density at radius 2 is 2.18 bits per heavy atom. The zero-order chi connectivity index (χ0) is 12.4.